The first-order valence-electron chi connectivity index (χ1n) is 24.4. The first kappa shape index (κ1) is 41.0. The maximum Gasteiger partial charge on any atom is 0.0726 e. The zero-order valence-corrected chi connectivity index (χ0v) is 40.0. The monoisotopic (exact) mass is 855 g/mol. The fourth-order valence-corrected chi connectivity index (χ4v) is 12.9. The van der Waals surface area contributed by atoms with E-state index in [9.17, 15) is 0 Å². The molecule has 0 aromatic heterocycles. The van der Waals surface area contributed by atoms with Crippen LogP contribution in [0.2, 0.25) is 0 Å². The van der Waals surface area contributed by atoms with Crippen LogP contribution in [-0.4, -0.2) is 0 Å². The van der Waals surface area contributed by atoms with Crippen molar-refractivity contribution >= 4 is 17.1 Å². The summed E-state index contributed by atoms with van der Waals surface area (Å²) in [6.45, 7) is 19.5. The molecule has 0 amide bonds. The summed E-state index contributed by atoms with van der Waals surface area (Å²) in [5.41, 5.74) is 25.2. The molecule has 0 radical (unpaired) electrons. The Labute approximate surface area is 393 Å². The van der Waals surface area contributed by atoms with Gasteiger partial charge in [0.05, 0.1) is 11.1 Å². The van der Waals surface area contributed by atoms with Crippen LogP contribution >= 0.6 is 0 Å². The van der Waals surface area contributed by atoms with E-state index in [-0.39, 0.29) is 21.7 Å². The van der Waals surface area contributed by atoms with E-state index < -0.39 is 5.41 Å². The Balaban J connectivity index is 1.15. The van der Waals surface area contributed by atoms with Crippen molar-refractivity contribution in [3.05, 3.63) is 220 Å². The minimum atomic E-state index is -0.470. The maximum atomic E-state index is 2.60. The molecule has 8 aromatic rings. The zero-order chi connectivity index (χ0) is 45.4. The smallest absolute Gasteiger partial charge is 0.0726 e. The van der Waals surface area contributed by atoms with Crippen molar-refractivity contribution in [2.24, 2.45) is 0 Å². The predicted molar refractivity (Wildman–Crippen MR) is 279 cm³/mol. The molecule has 1 spiro atoms. The molecule has 0 bridgehead atoms. The average Bonchev–Trinajstić information content (AvgIpc) is 3.79. The van der Waals surface area contributed by atoms with Crippen molar-refractivity contribution in [2.75, 3.05) is 4.90 Å². The van der Waals surface area contributed by atoms with Crippen molar-refractivity contribution in [3.63, 3.8) is 0 Å². The van der Waals surface area contributed by atoms with Gasteiger partial charge < -0.3 is 4.90 Å². The first-order valence-corrected chi connectivity index (χ1v) is 24.4. The van der Waals surface area contributed by atoms with E-state index in [4.69, 9.17) is 0 Å². The molecule has 1 heteroatoms. The van der Waals surface area contributed by atoms with Crippen LogP contribution in [0.3, 0.4) is 0 Å². The molecular formula is C65H61N. The fraction of sp³-hybridized carbons (Fsp3) is 0.262. The second-order valence-corrected chi connectivity index (χ2v) is 22.6. The van der Waals surface area contributed by atoms with Gasteiger partial charge in [-0.25, -0.2) is 0 Å². The highest BCUT2D eigenvalue weighted by Gasteiger charge is 2.52. The van der Waals surface area contributed by atoms with Crippen LogP contribution < -0.4 is 4.90 Å². The van der Waals surface area contributed by atoms with E-state index in [1.165, 1.54) is 120 Å². The van der Waals surface area contributed by atoms with E-state index >= 15 is 0 Å². The van der Waals surface area contributed by atoms with Crippen LogP contribution in [0.1, 0.15) is 126 Å². The summed E-state index contributed by atoms with van der Waals surface area (Å²) < 4.78 is 0. The lowest BCUT2D eigenvalue weighted by atomic mass is 9.63. The number of nitrogens with zero attached hydrogens (tertiary/aromatic N) is 1. The van der Waals surface area contributed by atoms with Gasteiger partial charge in [-0.05, 0) is 167 Å². The van der Waals surface area contributed by atoms with E-state index in [1.807, 2.05) is 0 Å². The fourth-order valence-electron chi connectivity index (χ4n) is 12.9. The van der Waals surface area contributed by atoms with E-state index in [2.05, 4.69) is 236 Å². The molecule has 4 aliphatic carbocycles. The summed E-state index contributed by atoms with van der Waals surface area (Å²) in [6, 6.07) is 68.0. The van der Waals surface area contributed by atoms with Crippen LogP contribution in [0, 0.1) is 0 Å². The Morgan fingerprint density at radius 1 is 0.288 bits per heavy atom. The van der Waals surface area contributed by atoms with Gasteiger partial charge in [0.25, 0.3) is 0 Å². The Morgan fingerprint density at radius 2 is 0.727 bits per heavy atom. The van der Waals surface area contributed by atoms with Crippen LogP contribution in [-0.2, 0) is 27.1 Å². The zero-order valence-electron chi connectivity index (χ0n) is 40.0. The van der Waals surface area contributed by atoms with Crippen molar-refractivity contribution in [1.82, 2.24) is 0 Å². The summed E-state index contributed by atoms with van der Waals surface area (Å²) in [7, 11) is 0. The lowest BCUT2D eigenvalue weighted by Crippen LogP contribution is -2.33. The number of rotatable bonds is 5. The SMILES string of the molecule is CC1(C)CCC(C)(C)c2cc(-c3cccc(N(c4ccccc4)c4cc5c(cc4-c4ccc6c(c4)C(C)(C)CCC6(C)C)-c4ccccc4C54c5ccccc5-c5ccccc54)c3)ccc21. The van der Waals surface area contributed by atoms with Gasteiger partial charge in [-0.1, -0.05) is 195 Å². The molecule has 0 N–H and O–H groups in total. The Morgan fingerprint density at radius 3 is 1.29 bits per heavy atom. The summed E-state index contributed by atoms with van der Waals surface area (Å²) >= 11 is 0. The molecule has 0 fully saturated rings. The average molecular weight is 856 g/mol. The van der Waals surface area contributed by atoms with E-state index in [0.29, 0.717) is 0 Å². The van der Waals surface area contributed by atoms with Crippen molar-refractivity contribution in [3.8, 4) is 44.5 Å². The third-order valence-corrected chi connectivity index (χ3v) is 16.8. The van der Waals surface area contributed by atoms with Gasteiger partial charge in [0.1, 0.15) is 0 Å². The predicted octanol–water partition coefficient (Wildman–Crippen LogP) is 17.5. The second kappa shape index (κ2) is 14.3. The highest BCUT2D eigenvalue weighted by atomic mass is 15.1. The minimum Gasteiger partial charge on any atom is -0.310 e. The Hall–Kier alpha value is -6.44. The molecule has 66 heavy (non-hydrogen) atoms. The summed E-state index contributed by atoms with van der Waals surface area (Å²) in [4.78, 5) is 2.56. The Kier molecular flexibility index (Phi) is 8.88. The number of hydrogen-bond acceptors (Lipinski definition) is 1. The van der Waals surface area contributed by atoms with Gasteiger partial charge in [0.15, 0.2) is 0 Å². The lowest BCUT2D eigenvalue weighted by molar-refractivity contribution is 0.332. The van der Waals surface area contributed by atoms with Gasteiger partial charge in [-0.2, -0.15) is 0 Å². The largest absolute Gasteiger partial charge is 0.310 e. The number of hydrogen-bond donors (Lipinski definition) is 0. The Bertz CT molecular complexity index is 3220. The maximum absolute atomic E-state index is 2.60. The highest BCUT2D eigenvalue weighted by Crippen LogP contribution is 2.64. The number of fused-ring (bicyclic) bond motifs is 12. The van der Waals surface area contributed by atoms with E-state index in [0.717, 1.165) is 11.4 Å². The summed E-state index contributed by atoms with van der Waals surface area (Å²) in [6.07, 6.45) is 4.76. The minimum absolute atomic E-state index is 0.0672. The van der Waals surface area contributed by atoms with Crippen LogP contribution in [0.15, 0.2) is 176 Å². The molecule has 1 nitrogen and oxygen atoms in total. The van der Waals surface area contributed by atoms with E-state index in [1.54, 1.807) is 0 Å². The van der Waals surface area contributed by atoms with Crippen LogP contribution in [0.4, 0.5) is 17.1 Å². The molecule has 0 heterocycles. The second-order valence-electron chi connectivity index (χ2n) is 22.6. The third-order valence-electron chi connectivity index (χ3n) is 16.8. The standard InChI is InChI=1S/C65H61N/c1-61(2)33-35-63(5,6)58-38-43(29-31-55(58)61)42-19-18-22-46(37-42)66(45-20-10-9-11-21-45)60-41-57-51(40-50(60)44-30-32-56-59(39-44)64(7,8)36-34-62(56,3)4)49-25-14-17-28-54(49)65(57)52-26-15-12-23-47(52)48-24-13-16-27-53(48)65/h9-32,37-41H,33-36H2,1-8H3. The number of para-hydroxylation sites is 1. The van der Waals surface area contributed by atoms with Gasteiger partial charge in [-0.15, -0.1) is 0 Å². The molecule has 0 atom stereocenters. The molecule has 326 valence electrons. The van der Waals surface area contributed by atoms with Crippen molar-refractivity contribution in [1.29, 1.82) is 0 Å². The molecule has 0 unspecified atom stereocenters. The molecular weight excluding hydrogens is 795 g/mol. The number of anilines is 3. The third kappa shape index (κ3) is 5.91. The first-order chi connectivity index (χ1) is 31.7. The summed E-state index contributed by atoms with van der Waals surface area (Å²) in [5.74, 6) is 0. The van der Waals surface area contributed by atoms with Crippen LogP contribution in [0.25, 0.3) is 44.5 Å². The molecule has 0 aliphatic heterocycles. The van der Waals surface area contributed by atoms with Gasteiger partial charge in [0, 0.05) is 16.9 Å². The van der Waals surface area contributed by atoms with Gasteiger partial charge in [-0.3, -0.25) is 0 Å². The molecule has 0 saturated carbocycles. The normalized spacial score (nSPS) is 18.1. The molecule has 12 rings (SSSR count). The van der Waals surface area contributed by atoms with Gasteiger partial charge in [0.2, 0.25) is 0 Å². The van der Waals surface area contributed by atoms with Crippen molar-refractivity contribution in [2.45, 2.75) is 108 Å². The quantitative estimate of drug-likeness (QED) is 0.167. The summed E-state index contributed by atoms with van der Waals surface area (Å²) in [5, 5.41) is 0. The molecule has 8 aromatic carbocycles. The molecule has 0 saturated heterocycles. The van der Waals surface area contributed by atoms with Crippen molar-refractivity contribution < 1.29 is 0 Å². The highest BCUT2D eigenvalue weighted by molar-refractivity contribution is 6.00. The number of benzene rings is 8. The topological polar surface area (TPSA) is 3.24 Å². The lowest BCUT2D eigenvalue weighted by Gasteiger charge is -2.42. The van der Waals surface area contributed by atoms with Crippen LogP contribution in [0.5, 0.6) is 0 Å². The van der Waals surface area contributed by atoms with Gasteiger partial charge >= 0.3 is 0 Å². The molecule has 4 aliphatic rings.